The topological polar surface area (TPSA) is 46.6 Å². The van der Waals surface area contributed by atoms with Crippen LogP contribution in [0.2, 0.25) is 0 Å². The fraction of sp³-hybridized carbons (Fsp3) is 0.333. The van der Waals surface area contributed by atoms with Gasteiger partial charge in [-0.1, -0.05) is 18.2 Å². The molecule has 0 radical (unpaired) electrons. The van der Waals surface area contributed by atoms with Crippen LogP contribution in [-0.2, 0) is 16.4 Å². The highest BCUT2D eigenvalue weighted by atomic mass is 32.2. The van der Waals surface area contributed by atoms with Crippen LogP contribution in [0.3, 0.4) is 0 Å². The molecule has 0 aromatic heterocycles. The fourth-order valence-corrected chi connectivity index (χ4v) is 4.96. The molecule has 0 N–H and O–H groups in total. The lowest BCUT2D eigenvalue weighted by Crippen LogP contribution is -2.35. The van der Waals surface area contributed by atoms with Crippen molar-refractivity contribution < 1.29 is 13.2 Å². The van der Waals surface area contributed by atoms with E-state index in [1.54, 1.807) is 23.5 Å². The number of nitrogens with zero attached hydrogens (tertiary/aromatic N) is 1. The van der Waals surface area contributed by atoms with Crippen molar-refractivity contribution in [2.24, 2.45) is 0 Å². The van der Waals surface area contributed by atoms with Gasteiger partial charge in [0.15, 0.2) is 0 Å². The van der Waals surface area contributed by atoms with Gasteiger partial charge >= 0.3 is 0 Å². The van der Waals surface area contributed by atoms with E-state index in [2.05, 4.69) is 0 Å². The Hall–Kier alpha value is -2.01. The number of methoxy groups -OCH3 is 1. The van der Waals surface area contributed by atoms with Crippen molar-refractivity contribution in [2.75, 3.05) is 18.0 Å². The molecule has 1 aliphatic rings. The Bertz CT molecular complexity index is 843. The summed E-state index contributed by atoms with van der Waals surface area (Å²) >= 11 is 0. The molecule has 1 aliphatic heterocycles. The molecule has 2 aromatic carbocycles. The Morgan fingerprint density at radius 2 is 1.78 bits per heavy atom. The second-order valence-electron chi connectivity index (χ2n) is 5.83. The number of para-hydroxylation sites is 1. The molecule has 122 valence electrons. The Balaban J connectivity index is 2.12. The first-order valence-corrected chi connectivity index (χ1v) is 9.15. The van der Waals surface area contributed by atoms with E-state index in [4.69, 9.17) is 4.74 Å². The lowest BCUT2D eigenvalue weighted by molar-refractivity contribution is 0.410. The summed E-state index contributed by atoms with van der Waals surface area (Å²) in [6.07, 6.45) is 1.76. The van der Waals surface area contributed by atoms with Crippen LogP contribution in [0.5, 0.6) is 5.75 Å². The minimum Gasteiger partial charge on any atom is -0.496 e. The van der Waals surface area contributed by atoms with Gasteiger partial charge in [-0.3, -0.25) is 4.31 Å². The predicted molar refractivity (Wildman–Crippen MR) is 91.8 cm³/mol. The van der Waals surface area contributed by atoms with Crippen molar-refractivity contribution >= 4 is 15.7 Å². The van der Waals surface area contributed by atoms with E-state index in [0.717, 1.165) is 35.2 Å². The third-order valence-corrected chi connectivity index (χ3v) is 6.50. The van der Waals surface area contributed by atoms with Gasteiger partial charge in [0.1, 0.15) is 5.75 Å². The molecule has 0 bridgehead atoms. The summed E-state index contributed by atoms with van der Waals surface area (Å²) in [6.45, 7) is 4.24. The summed E-state index contributed by atoms with van der Waals surface area (Å²) in [5.74, 6) is 0.709. The molecule has 1 heterocycles. The Labute approximate surface area is 137 Å². The smallest absolute Gasteiger partial charge is 0.264 e. The lowest BCUT2D eigenvalue weighted by Gasteiger charge is -2.31. The number of anilines is 1. The second-order valence-corrected chi connectivity index (χ2v) is 7.66. The van der Waals surface area contributed by atoms with Crippen LogP contribution >= 0.6 is 0 Å². The molecule has 5 heteroatoms. The number of ether oxygens (including phenoxy) is 1. The third kappa shape index (κ3) is 2.59. The number of fused-ring (bicyclic) bond motifs is 1. The molecule has 0 amide bonds. The molecule has 0 saturated heterocycles. The molecule has 0 saturated carbocycles. The Morgan fingerprint density at radius 3 is 2.52 bits per heavy atom. The van der Waals surface area contributed by atoms with E-state index in [9.17, 15) is 8.42 Å². The number of sulfonamides is 1. The molecule has 0 unspecified atom stereocenters. The summed E-state index contributed by atoms with van der Waals surface area (Å²) in [5.41, 5.74) is 3.49. The van der Waals surface area contributed by atoms with E-state index < -0.39 is 10.0 Å². The first-order valence-electron chi connectivity index (χ1n) is 7.71. The highest BCUT2D eigenvalue weighted by molar-refractivity contribution is 7.92. The fourth-order valence-electron chi connectivity index (χ4n) is 3.14. The van der Waals surface area contributed by atoms with Crippen LogP contribution < -0.4 is 9.04 Å². The van der Waals surface area contributed by atoms with Gasteiger partial charge in [-0.05, 0) is 61.6 Å². The largest absolute Gasteiger partial charge is 0.496 e. The zero-order chi connectivity index (χ0) is 16.6. The van der Waals surface area contributed by atoms with Gasteiger partial charge in [0.2, 0.25) is 0 Å². The Kier molecular flexibility index (Phi) is 4.06. The first-order chi connectivity index (χ1) is 11.0. The molecule has 23 heavy (non-hydrogen) atoms. The maximum atomic E-state index is 13.2. The number of aryl methyl sites for hydroxylation is 1. The van der Waals surface area contributed by atoms with E-state index in [0.29, 0.717) is 17.2 Å². The molecule has 2 aromatic rings. The number of rotatable bonds is 3. The number of hydrogen-bond donors (Lipinski definition) is 0. The van der Waals surface area contributed by atoms with Crippen molar-refractivity contribution in [1.29, 1.82) is 0 Å². The van der Waals surface area contributed by atoms with Crippen molar-refractivity contribution in [3.8, 4) is 5.75 Å². The van der Waals surface area contributed by atoms with Gasteiger partial charge in [-0.2, -0.15) is 0 Å². The standard InChI is InChI=1S/C18H21NO3S/c1-13-14(2)18(11-10-17(13)22-3)23(20,21)19-12-6-8-15-7-4-5-9-16(15)19/h4-5,7,9-11H,6,8,12H2,1-3H3. The number of hydrogen-bond acceptors (Lipinski definition) is 3. The maximum Gasteiger partial charge on any atom is 0.264 e. The lowest BCUT2D eigenvalue weighted by atomic mass is 10.0. The quantitative estimate of drug-likeness (QED) is 0.865. The molecular weight excluding hydrogens is 310 g/mol. The summed E-state index contributed by atoms with van der Waals surface area (Å²) in [6, 6.07) is 11.1. The van der Waals surface area contributed by atoms with E-state index in [-0.39, 0.29) is 0 Å². The number of benzene rings is 2. The van der Waals surface area contributed by atoms with Gasteiger partial charge in [0.05, 0.1) is 17.7 Å². The van der Waals surface area contributed by atoms with Crippen LogP contribution in [0.1, 0.15) is 23.1 Å². The predicted octanol–water partition coefficient (Wildman–Crippen LogP) is 3.45. The van der Waals surface area contributed by atoms with Crippen LogP contribution in [0, 0.1) is 13.8 Å². The second kappa shape index (κ2) is 5.89. The highest BCUT2D eigenvalue weighted by Gasteiger charge is 2.30. The minimum absolute atomic E-state index is 0.354. The van der Waals surface area contributed by atoms with Crippen molar-refractivity contribution in [2.45, 2.75) is 31.6 Å². The van der Waals surface area contributed by atoms with Gasteiger partial charge < -0.3 is 4.74 Å². The first kappa shape index (κ1) is 15.9. The van der Waals surface area contributed by atoms with E-state index in [1.165, 1.54) is 0 Å². The summed E-state index contributed by atoms with van der Waals surface area (Å²) in [7, 11) is -1.98. The van der Waals surface area contributed by atoms with Crippen molar-refractivity contribution in [3.63, 3.8) is 0 Å². The van der Waals surface area contributed by atoms with Crippen LogP contribution in [0.25, 0.3) is 0 Å². The molecule has 0 fully saturated rings. The minimum atomic E-state index is -3.58. The molecule has 0 spiro atoms. The molecule has 0 atom stereocenters. The SMILES string of the molecule is COc1ccc(S(=O)(=O)N2CCCc3ccccc32)c(C)c1C. The van der Waals surface area contributed by atoms with Gasteiger partial charge in [0, 0.05) is 6.54 Å². The maximum absolute atomic E-state index is 13.2. The normalized spacial score (nSPS) is 14.5. The molecule has 4 nitrogen and oxygen atoms in total. The summed E-state index contributed by atoms with van der Waals surface area (Å²) in [4.78, 5) is 0.354. The van der Waals surface area contributed by atoms with Gasteiger partial charge in [-0.25, -0.2) is 8.42 Å². The molecule has 3 rings (SSSR count). The van der Waals surface area contributed by atoms with Crippen LogP contribution in [0.4, 0.5) is 5.69 Å². The average molecular weight is 331 g/mol. The summed E-state index contributed by atoms with van der Waals surface area (Å²) < 4.78 is 33.2. The van der Waals surface area contributed by atoms with Crippen molar-refractivity contribution in [3.05, 3.63) is 53.1 Å². The zero-order valence-electron chi connectivity index (χ0n) is 13.7. The molecule has 0 aliphatic carbocycles. The summed E-state index contributed by atoms with van der Waals surface area (Å²) in [5, 5.41) is 0. The van der Waals surface area contributed by atoms with E-state index in [1.807, 2.05) is 38.1 Å². The van der Waals surface area contributed by atoms with Gasteiger partial charge in [0.25, 0.3) is 10.0 Å². The Morgan fingerprint density at radius 1 is 1.04 bits per heavy atom. The highest BCUT2D eigenvalue weighted by Crippen LogP contribution is 2.34. The monoisotopic (exact) mass is 331 g/mol. The van der Waals surface area contributed by atoms with Crippen LogP contribution in [-0.4, -0.2) is 22.1 Å². The average Bonchev–Trinajstić information content (AvgIpc) is 2.56. The van der Waals surface area contributed by atoms with Gasteiger partial charge in [-0.15, -0.1) is 0 Å². The third-order valence-electron chi connectivity index (χ3n) is 4.54. The van der Waals surface area contributed by atoms with Crippen LogP contribution in [0.15, 0.2) is 41.3 Å². The zero-order valence-corrected chi connectivity index (χ0v) is 14.5. The van der Waals surface area contributed by atoms with E-state index >= 15 is 0 Å². The van der Waals surface area contributed by atoms with Crippen molar-refractivity contribution in [1.82, 2.24) is 0 Å². The molecular formula is C18H21NO3S.